The molecule has 1 aliphatic carbocycles. The molecule has 0 spiro atoms. The zero-order valence-corrected chi connectivity index (χ0v) is 16.3. The Bertz CT molecular complexity index is 891. The van der Waals surface area contributed by atoms with Gasteiger partial charge in [-0.15, -0.1) is 0 Å². The van der Waals surface area contributed by atoms with Crippen LogP contribution in [0.15, 0.2) is 48.5 Å². The highest BCUT2D eigenvalue weighted by molar-refractivity contribution is 5.94. The van der Waals surface area contributed by atoms with Gasteiger partial charge in [0.1, 0.15) is 0 Å². The van der Waals surface area contributed by atoms with Crippen molar-refractivity contribution in [2.45, 2.75) is 31.9 Å². The summed E-state index contributed by atoms with van der Waals surface area (Å²) < 4.78 is 16.1. The smallest absolute Gasteiger partial charge is 0.345 e. The molecule has 0 saturated heterocycles. The standard InChI is InChI=1S/C22H23NO6/c1-14(24)16-8-11-18(19(12-16)27-2)28-13-20(25)29-21(15-6-4-3-5-7-15)22(26)23-17-9-10-17/h3-8,11-12,17,21H,9-10,13H2,1-2H3,(H,23,26)/t21-/m1/s1. The lowest BCUT2D eigenvalue weighted by molar-refractivity contribution is -0.158. The maximum atomic E-state index is 12.5. The SMILES string of the molecule is COc1cc(C(C)=O)ccc1OCC(=O)O[C@@H](C(=O)NC1CC1)c1ccccc1. The van der Waals surface area contributed by atoms with Gasteiger partial charge in [-0.3, -0.25) is 9.59 Å². The van der Waals surface area contributed by atoms with E-state index >= 15 is 0 Å². The van der Waals surface area contributed by atoms with Crippen LogP contribution in [-0.2, 0) is 14.3 Å². The van der Waals surface area contributed by atoms with Crippen molar-refractivity contribution < 1.29 is 28.6 Å². The van der Waals surface area contributed by atoms with Gasteiger partial charge < -0.3 is 19.5 Å². The minimum Gasteiger partial charge on any atom is -0.493 e. The maximum absolute atomic E-state index is 12.5. The van der Waals surface area contributed by atoms with Crippen LogP contribution in [0, 0.1) is 0 Å². The summed E-state index contributed by atoms with van der Waals surface area (Å²) in [4.78, 5) is 36.4. The summed E-state index contributed by atoms with van der Waals surface area (Å²) in [6.45, 7) is 1.04. The first-order chi connectivity index (χ1) is 14.0. The van der Waals surface area contributed by atoms with E-state index in [0.717, 1.165) is 12.8 Å². The first kappa shape index (κ1) is 20.4. The molecule has 1 amide bonds. The van der Waals surface area contributed by atoms with Crippen molar-refractivity contribution in [2.24, 2.45) is 0 Å². The topological polar surface area (TPSA) is 90.9 Å². The molecule has 152 valence electrons. The third kappa shape index (κ3) is 5.57. The molecule has 0 aliphatic heterocycles. The van der Waals surface area contributed by atoms with Crippen molar-refractivity contribution in [3.05, 3.63) is 59.7 Å². The molecule has 0 unspecified atom stereocenters. The number of hydrogen-bond donors (Lipinski definition) is 1. The summed E-state index contributed by atoms with van der Waals surface area (Å²) in [6.07, 6.45) is 0.815. The van der Waals surface area contributed by atoms with Crippen LogP contribution in [-0.4, -0.2) is 37.4 Å². The van der Waals surface area contributed by atoms with Gasteiger partial charge in [-0.2, -0.15) is 0 Å². The molecule has 7 nitrogen and oxygen atoms in total. The molecule has 2 aromatic rings. The monoisotopic (exact) mass is 397 g/mol. The number of esters is 1. The lowest BCUT2D eigenvalue weighted by atomic mass is 10.1. The number of carbonyl (C=O) groups is 3. The molecule has 0 radical (unpaired) electrons. The van der Waals surface area contributed by atoms with Gasteiger partial charge in [0.2, 0.25) is 6.10 Å². The van der Waals surface area contributed by atoms with Gasteiger partial charge in [0.15, 0.2) is 23.9 Å². The molecule has 0 aromatic heterocycles. The summed E-state index contributed by atoms with van der Waals surface area (Å²) in [5, 5.41) is 2.86. The van der Waals surface area contributed by atoms with E-state index in [2.05, 4.69) is 5.32 Å². The number of rotatable bonds is 9. The molecule has 1 aliphatic rings. The van der Waals surface area contributed by atoms with Crippen LogP contribution < -0.4 is 14.8 Å². The summed E-state index contributed by atoms with van der Waals surface area (Å²) in [5.74, 6) is -0.524. The Balaban J connectivity index is 1.65. The number of methoxy groups -OCH3 is 1. The third-order valence-corrected chi connectivity index (χ3v) is 4.43. The minimum absolute atomic E-state index is 0.110. The van der Waals surface area contributed by atoms with E-state index in [-0.39, 0.29) is 17.7 Å². The van der Waals surface area contributed by atoms with Crippen LogP contribution in [0.2, 0.25) is 0 Å². The van der Waals surface area contributed by atoms with E-state index in [1.54, 1.807) is 42.5 Å². The molecule has 2 aromatic carbocycles. The number of amides is 1. The van der Waals surface area contributed by atoms with Gasteiger partial charge in [-0.25, -0.2) is 4.79 Å². The number of hydrogen-bond acceptors (Lipinski definition) is 6. The van der Waals surface area contributed by atoms with Gasteiger partial charge in [0.05, 0.1) is 7.11 Å². The Hall–Kier alpha value is -3.35. The Morgan fingerprint density at radius 2 is 1.79 bits per heavy atom. The van der Waals surface area contributed by atoms with E-state index in [1.165, 1.54) is 14.0 Å². The zero-order valence-electron chi connectivity index (χ0n) is 16.3. The van der Waals surface area contributed by atoms with Crippen LogP contribution in [0.1, 0.15) is 41.8 Å². The van der Waals surface area contributed by atoms with Gasteiger partial charge in [0, 0.05) is 17.2 Å². The molecular weight excluding hydrogens is 374 g/mol. The van der Waals surface area contributed by atoms with Crippen LogP contribution in [0.5, 0.6) is 11.5 Å². The van der Waals surface area contributed by atoms with Crippen LogP contribution in [0.4, 0.5) is 0 Å². The average molecular weight is 397 g/mol. The fourth-order valence-electron chi connectivity index (χ4n) is 2.71. The van der Waals surface area contributed by atoms with Crippen molar-refractivity contribution in [1.82, 2.24) is 5.32 Å². The highest BCUT2D eigenvalue weighted by Gasteiger charge is 2.30. The lowest BCUT2D eigenvalue weighted by Crippen LogP contribution is -2.34. The summed E-state index contributed by atoms with van der Waals surface area (Å²) in [6, 6.07) is 13.7. The van der Waals surface area contributed by atoms with Crippen LogP contribution in [0.25, 0.3) is 0 Å². The first-order valence-electron chi connectivity index (χ1n) is 9.34. The zero-order chi connectivity index (χ0) is 20.8. The van der Waals surface area contributed by atoms with E-state index < -0.39 is 18.7 Å². The molecule has 0 heterocycles. The Morgan fingerprint density at radius 3 is 2.41 bits per heavy atom. The number of ether oxygens (including phenoxy) is 3. The third-order valence-electron chi connectivity index (χ3n) is 4.43. The van der Waals surface area contributed by atoms with Crippen LogP contribution >= 0.6 is 0 Å². The Labute approximate surface area is 169 Å². The second-order valence-corrected chi connectivity index (χ2v) is 6.77. The molecule has 7 heteroatoms. The summed E-state index contributed by atoms with van der Waals surface area (Å²) >= 11 is 0. The van der Waals surface area contributed by atoms with Crippen molar-refractivity contribution >= 4 is 17.7 Å². The molecule has 1 fully saturated rings. The number of nitrogens with one attached hydrogen (secondary N) is 1. The molecule has 1 N–H and O–H groups in total. The van der Waals surface area contributed by atoms with Crippen molar-refractivity contribution in [3.63, 3.8) is 0 Å². The first-order valence-corrected chi connectivity index (χ1v) is 9.34. The van der Waals surface area contributed by atoms with Crippen molar-refractivity contribution in [1.29, 1.82) is 0 Å². The second-order valence-electron chi connectivity index (χ2n) is 6.77. The fraction of sp³-hybridized carbons (Fsp3) is 0.318. The summed E-state index contributed by atoms with van der Waals surface area (Å²) in [5.41, 5.74) is 1.06. The highest BCUT2D eigenvalue weighted by atomic mass is 16.6. The lowest BCUT2D eigenvalue weighted by Gasteiger charge is -2.18. The van der Waals surface area contributed by atoms with E-state index in [9.17, 15) is 14.4 Å². The van der Waals surface area contributed by atoms with Crippen molar-refractivity contribution in [3.8, 4) is 11.5 Å². The highest BCUT2D eigenvalue weighted by Crippen LogP contribution is 2.28. The predicted octanol–water partition coefficient (Wildman–Crippen LogP) is 2.84. The Kier molecular flexibility index (Phi) is 6.49. The number of ketones is 1. The van der Waals surface area contributed by atoms with Gasteiger partial charge in [0.25, 0.3) is 5.91 Å². The predicted molar refractivity (Wildman–Crippen MR) is 105 cm³/mol. The van der Waals surface area contributed by atoms with E-state index in [0.29, 0.717) is 22.6 Å². The summed E-state index contributed by atoms with van der Waals surface area (Å²) in [7, 11) is 1.44. The van der Waals surface area contributed by atoms with E-state index in [1.807, 2.05) is 6.07 Å². The van der Waals surface area contributed by atoms with Gasteiger partial charge in [-0.05, 0) is 38.0 Å². The molecule has 0 bridgehead atoms. The maximum Gasteiger partial charge on any atom is 0.345 e. The number of carbonyl (C=O) groups excluding carboxylic acids is 3. The fourth-order valence-corrected chi connectivity index (χ4v) is 2.71. The van der Waals surface area contributed by atoms with E-state index in [4.69, 9.17) is 14.2 Å². The number of Topliss-reactive ketones (excluding diaryl/α,β-unsaturated/α-hetero) is 1. The second kappa shape index (κ2) is 9.23. The minimum atomic E-state index is -1.05. The van der Waals surface area contributed by atoms with Gasteiger partial charge >= 0.3 is 5.97 Å². The van der Waals surface area contributed by atoms with Crippen molar-refractivity contribution in [2.75, 3.05) is 13.7 Å². The van der Waals surface area contributed by atoms with Gasteiger partial charge in [-0.1, -0.05) is 30.3 Å². The molecule has 1 atom stereocenters. The number of benzene rings is 2. The molecular formula is C22H23NO6. The molecule has 1 saturated carbocycles. The largest absolute Gasteiger partial charge is 0.493 e. The normalized spacial score (nSPS) is 13.9. The average Bonchev–Trinajstić information content (AvgIpc) is 3.54. The quantitative estimate of drug-likeness (QED) is 0.517. The van der Waals surface area contributed by atoms with Crippen LogP contribution in [0.3, 0.4) is 0 Å². The molecule has 3 rings (SSSR count). The Morgan fingerprint density at radius 1 is 1.07 bits per heavy atom. The molecule has 29 heavy (non-hydrogen) atoms.